The first-order valence-electron chi connectivity index (χ1n) is 4.98. The summed E-state index contributed by atoms with van der Waals surface area (Å²) in [4.78, 5) is 24.2. The first-order chi connectivity index (χ1) is 8.09. The number of nitrogens with zero attached hydrogens (tertiary/aromatic N) is 1. The van der Waals surface area contributed by atoms with Crippen molar-refractivity contribution in [2.24, 2.45) is 0 Å². The Morgan fingerprint density at radius 1 is 1.35 bits per heavy atom. The van der Waals surface area contributed by atoms with E-state index in [2.05, 4.69) is 0 Å². The number of amides is 1. The lowest BCUT2D eigenvalue weighted by Gasteiger charge is -2.24. The van der Waals surface area contributed by atoms with Gasteiger partial charge in [0.2, 0.25) is 0 Å². The summed E-state index contributed by atoms with van der Waals surface area (Å²) in [6.45, 7) is 0.421. The number of benzene rings is 1. The normalized spacial score (nSPS) is 19.4. The van der Waals surface area contributed by atoms with Gasteiger partial charge in [0.05, 0.1) is 5.97 Å². The van der Waals surface area contributed by atoms with Crippen LogP contribution in [0.5, 0.6) is 0 Å². The van der Waals surface area contributed by atoms with Crippen molar-refractivity contribution >= 4 is 35.2 Å². The number of aliphatic carboxylic acids is 1. The van der Waals surface area contributed by atoms with Gasteiger partial charge in [0.15, 0.2) is 0 Å². The number of carbonyl (C=O) groups excluding carboxylic acids is 2. The number of thioether (sulfide) groups is 1. The highest BCUT2D eigenvalue weighted by atomic mass is 35.5. The molecule has 0 unspecified atom stereocenters. The van der Waals surface area contributed by atoms with E-state index < -0.39 is 11.3 Å². The number of hydrogen-bond acceptors (Lipinski definition) is 4. The fourth-order valence-corrected chi connectivity index (χ4v) is 2.80. The van der Waals surface area contributed by atoms with Crippen LogP contribution in [0.4, 0.5) is 0 Å². The maximum absolute atomic E-state index is 12.1. The van der Waals surface area contributed by atoms with Crippen molar-refractivity contribution in [3.05, 3.63) is 34.9 Å². The Balaban J connectivity index is 2.19. The maximum atomic E-state index is 12.1. The van der Waals surface area contributed by atoms with E-state index >= 15 is 0 Å². The Bertz CT molecular complexity index is 449. The van der Waals surface area contributed by atoms with Gasteiger partial charge >= 0.3 is 0 Å². The quantitative estimate of drug-likeness (QED) is 0.790. The number of rotatable bonds is 2. The number of carboxylic acid groups (broad SMARTS) is 1. The van der Waals surface area contributed by atoms with Gasteiger partial charge in [-0.2, -0.15) is 0 Å². The monoisotopic (exact) mass is 270 g/mol. The summed E-state index contributed by atoms with van der Waals surface area (Å²) < 4.78 is 0. The van der Waals surface area contributed by atoms with Gasteiger partial charge in [0.1, 0.15) is 5.37 Å². The molecule has 2 rings (SSSR count). The molecule has 1 atom stereocenters. The lowest BCUT2D eigenvalue weighted by atomic mass is 10.2. The van der Waals surface area contributed by atoms with Crippen LogP contribution in [-0.2, 0) is 4.79 Å². The van der Waals surface area contributed by atoms with Crippen LogP contribution in [0.3, 0.4) is 0 Å². The van der Waals surface area contributed by atoms with Crippen LogP contribution < -0.4 is 5.11 Å². The Morgan fingerprint density at radius 2 is 2.00 bits per heavy atom. The van der Waals surface area contributed by atoms with Crippen LogP contribution in [0, 0.1) is 0 Å². The van der Waals surface area contributed by atoms with E-state index in [4.69, 9.17) is 11.6 Å². The SMILES string of the molecule is O=C([O-])[C@H]1SCCN1C(=O)c1ccc(Cl)cc1. The van der Waals surface area contributed by atoms with Crippen LogP contribution in [0.15, 0.2) is 24.3 Å². The van der Waals surface area contributed by atoms with Crippen molar-refractivity contribution in [1.82, 2.24) is 4.90 Å². The lowest BCUT2D eigenvalue weighted by Crippen LogP contribution is -2.45. The topological polar surface area (TPSA) is 60.4 Å². The fourth-order valence-electron chi connectivity index (χ4n) is 1.63. The molecule has 0 aromatic heterocycles. The largest absolute Gasteiger partial charge is 0.547 e. The second kappa shape index (κ2) is 4.98. The lowest BCUT2D eigenvalue weighted by molar-refractivity contribution is -0.307. The van der Waals surface area contributed by atoms with Gasteiger partial charge in [-0.05, 0) is 24.3 Å². The molecule has 1 aliphatic heterocycles. The van der Waals surface area contributed by atoms with Crippen molar-refractivity contribution in [1.29, 1.82) is 0 Å². The molecule has 17 heavy (non-hydrogen) atoms. The summed E-state index contributed by atoms with van der Waals surface area (Å²) in [5, 5.41) is 10.5. The second-order valence-electron chi connectivity index (χ2n) is 3.55. The summed E-state index contributed by atoms with van der Waals surface area (Å²) in [5.41, 5.74) is 0.433. The molecule has 0 spiro atoms. The Labute approximate surface area is 108 Å². The van der Waals surface area contributed by atoms with E-state index in [0.717, 1.165) is 0 Å². The molecule has 0 saturated carbocycles. The summed E-state index contributed by atoms with van der Waals surface area (Å²) in [6.07, 6.45) is 0. The van der Waals surface area contributed by atoms with E-state index in [0.29, 0.717) is 22.9 Å². The minimum Gasteiger partial charge on any atom is -0.547 e. The smallest absolute Gasteiger partial charge is 0.255 e. The Kier molecular flexibility index (Phi) is 3.59. The van der Waals surface area contributed by atoms with Gasteiger partial charge in [0, 0.05) is 22.9 Å². The molecule has 1 aliphatic rings. The van der Waals surface area contributed by atoms with Crippen LogP contribution in [0.2, 0.25) is 5.02 Å². The number of halogens is 1. The van der Waals surface area contributed by atoms with Gasteiger partial charge in [-0.3, -0.25) is 4.79 Å². The zero-order valence-corrected chi connectivity index (χ0v) is 10.3. The van der Waals surface area contributed by atoms with Crippen LogP contribution >= 0.6 is 23.4 Å². The van der Waals surface area contributed by atoms with Crippen LogP contribution in [-0.4, -0.2) is 34.4 Å². The van der Waals surface area contributed by atoms with E-state index in [1.54, 1.807) is 24.3 Å². The third kappa shape index (κ3) is 2.56. The molecule has 1 saturated heterocycles. The van der Waals surface area contributed by atoms with Crippen molar-refractivity contribution < 1.29 is 14.7 Å². The Hall–Kier alpha value is -1.20. The first kappa shape index (κ1) is 12.3. The predicted molar refractivity (Wildman–Crippen MR) is 63.7 cm³/mol. The van der Waals surface area contributed by atoms with Gasteiger partial charge in [-0.1, -0.05) is 11.6 Å². The molecule has 1 aromatic rings. The zero-order valence-electron chi connectivity index (χ0n) is 8.76. The standard InChI is InChI=1S/C11H10ClNO3S/c12-8-3-1-7(2-4-8)9(14)13-5-6-17-10(13)11(15)16/h1-4,10H,5-6H2,(H,15,16)/p-1/t10-/m1/s1. The Morgan fingerprint density at radius 3 is 2.59 bits per heavy atom. The van der Waals surface area contributed by atoms with Crippen LogP contribution in [0.1, 0.15) is 10.4 Å². The van der Waals surface area contributed by atoms with Gasteiger partial charge in [-0.15, -0.1) is 11.8 Å². The molecule has 0 N–H and O–H groups in total. The molecular weight excluding hydrogens is 262 g/mol. The minimum atomic E-state index is -1.23. The van der Waals surface area contributed by atoms with Gasteiger partial charge in [-0.25, -0.2) is 0 Å². The second-order valence-corrected chi connectivity index (χ2v) is 5.17. The summed E-state index contributed by atoms with van der Waals surface area (Å²) in [5.74, 6) is -0.923. The fraction of sp³-hybridized carbons (Fsp3) is 0.273. The summed E-state index contributed by atoms with van der Waals surface area (Å²) >= 11 is 6.92. The van der Waals surface area contributed by atoms with Crippen molar-refractivity contribution in [2.45, 2.75) is 5.37 Å². The maximum Gasteiger partial charge on any atom is 0.255 e. The van der Waals surface area contributed by atoms with E-state index in [1.165, 1.54) is 16.7 Å². The highest BCUT2D eigenvalue weighted by Gasteiger charge is 2.30. The van der Waals surface area contributed by atoms with E-state index in [9.17, 15) is 14.7 Å². The van der Waals surface area contributed by atoms with Gasteiger partial charge < -0.3 is 14.8 Å². The van der Waals surface area contributed by atoms with Crippen molar-refractivity contribution in [3.63, 3.8) is 0 Å². The number of hydrogen-bond donors (Lipinski definition) is 0. The van der Waals surface area contributed by atoms with Crippen LogP contribution in [0.25, 0.3) is 0 Å². The molecule has 0 aliphatic carbocycles. The molecule has 1 aromatic carbocycles. The van der Waals surface area contributed by atoms with Gasteiger partial charge in [0.25, 0.3) is 5.91 Å². The molecule has 6 heteroatoms. The third-order valence-corrected chi connectivity index (χ3v) is 3.88. The molecule has 1 amide bonds. The van der Waals surface area contributed by atoms with Crippen molar-refractivity contribution in [3.8, 4) is 0 Å². The average Bonchev–Trinajstić information content (AvgIpc) is 2.78. The molecule has 1 fully saturated rings. The van der Waals surface area contributed by atoms with E-state index in [-0.39, 0.29) is 5.91 Å². The number of carbonyl (C=O) groups is 2. The minimum absolute atomic E-state index is 0.305. The molecular formula is C11H9ClNO3S-. The highest BCUT2D eigenvalue weighted by molar-refractivity contribution is 8.00. The molecule has 90 valence electrons. The molecule has 0 radical (unpaired) electrons. The zero-order chi connectivity index (χ0) is 12.4. The number of carboxylic acids is 1. The highest BCUT2D eigenvalue weighted by Crippen LogP contribution is 2.25. The average molecular weight is 271 g/mol. The predicted octanol–water partition coefficient (Wildman–Crippen LogP) is 0.605. The van der Waals surface area contributed by atoms with Crippen molar-refractivity contribution in [2.75, 3.05) is 12.3 Å². The van der Waals surface area contributed by atoms with E-state index in [1.807, 2.05) is 0 Å². The third-order valence-electron chi connectivity index (χ3n) is 2.44. The summed E-state index contributed by atoms with van der Waals surface area (Å²) in [7, 11) is 0. The molecule has 0 bridgehead atoms. The first-order valence-corrected chi connectivity index (χ1v) is 6.41. The molecule has 4 nitrogen and oxygen atoms in total. The molecule has 1 heterocycles. The summed E-state index contributed by atoms with van der Waals surface area (Å²) in [6, 6.07) is 6.37.